The molecule has 0 radical (unpaired) electrons. The minimum Gasteiger partial charge on any atom is -0.400 e. The molecule has 0 saturated carbocycles. The summed E-state index contributed by atoms with van der Waals surface area (Å²) in [5, 5.41) is 16.2. The lowest BCUT2D eigenvalue weighted by Gasteiger charge is -2.13. The topological polar surface area (TPSA) is 102 Å². The van der Waals surface area contributed by atoms with Crippen LogP contribution >= 0.6 is 11.3 Å². The number of aryl methyl sites for hydroxylation is 1. The van der Waals surface area contributed by atoms with Crippen LogP contribution in [0.1, 0.15) is 21.7 Å². The number of hydrogen-bond acceptors (Lipinski definition) is 7. The van der Waals surface area contributed by atoms with Gasteiger partial charge in [0.1, 0.15) is 10.7 Å². The number of aromatic nitrogens is 1. The molecule has 4 rings (SSSR count). The molecule has 8 nitrogen and oxygen atoms in total. The number of rotatable bonds is 5. The van der Waals surface area contributed by atoms with Gasteiger partial charge >= 0.3 is 5.88 Å². The van der Waals surface area contributed by atoms with Crippen LogP contribution in [0.4, 0.5) is 15.4 Å². The number of thiazole rings is 1. The smallest absolute Gasteiger partial charge is 0.400 e. The van der Waals surface area contributed by atoms with Crippen LogP contribution in [0.2, 0.25) is 0 Å². The van der Waals surface area contributed by atoms with Crippen molar-refractivity contribution in [1.82, 2.24) is 4.98 Å². The standard InChI is InChI=1S/C20H13FN4O4S/c1-12-2-4-13(5-3-12)19(26)24(22-11-15-7-9-18(29-15)25(27)28)20-23-16-8-6-14(21)10-17(16)30-20/h2-11H,1H3/b22-11+. The lowest BCUT2D eigenvalue weighted by atomic mass is 10.1. The van der Waals surface area contributed by atoms with Gasteiger partial charge in [0.05, 0.1) is 22.5 Å². The summed E-state index contributed by atoms with van der Waals surface area (Å²) in [6.45, 7) is 1.90. The summed E-state index contributed by atoms with van der Waals surface area (Å²) in [5.74, 6) is -1.23. The SMILES string of the molecule is Cc1ccc(C(=O)N(/N=C/c2ccc([N+](=O)[O-])o2)c2nc3ccc(F)cc3s2)cc1. The number of nitrogens with zero attached hydrogens (tertiary/aromatic N) is 4. The molecule has 0 fully saturated rings. The van der Waals surface area contributed by atoms with E-state index in [1.54, 1.807) is 24.3 Å². The van der Waals surface area contributed by atoms with Crippen LogP contribution in [0, 0.1) is 22.9 Å². The van der Waals surface area contributed by atoms with Gasteiger partial charge in [-0.15, -0.1) is 0 Å². The van der Waals surface area contributed by atoms with Crippen LogP contribution in [0.5, 0.6) is 0 Å². The highest BCUT2D eigenvalue weighted by molar-refractivity contribution is 7.22. The zero-order chi connectivity index (χ0) is 21.3. The first-order valence-electron chi connectivity index (χ1n) is 8.66. The van der Waals surface area contributed by atoms with E-state index < -0.39 is 22.5 Å². The van der Waals surface area contributed by atoms with Crippen LogP contribution in [0.25, 0.3) is 10.2 Å². The minimum atomic E-state index is -0.672. The lowest BCUT2D eigenvalue weighted by Crippen LogP contribution is -2.25. The van der Waals surface area contributed by atoms with Crippen LogP contribution in [-0.2, 0) is 0 Å². The number of hydrazone groups is 1. The quantitative estimate of drug-likeness (QED) is 0.257. The first-order chi connectivity index (χ1) is 14.4. The molecule has 2 aromatic carbocycles. The number of nitro groups is 1. The van der Waals surface area contributed by atoms with Gasteiger partial charge in [0.25, 0.3) is 5.91 Å². The molecule has 0 spiro atoms. The zero-order valence-corrected chi connectivity index (χ0v) is 16.3. The second-order valence-electron chi connectivity index (χ2n) is 6.27. The molecule has 2 heterocycles. The van der Waals surface area contributed by atoms with Crippen LogP contribution < -0.4 is 5.01 Å². The molecule has 0 atom stereocenters. The Balaban J connectivity index is 1.74. The van der Waals surface area contributed by atoms with Crippen molar-refractivity contribution in [3.63, 3.8) is 0 Å². The maximum Gasteiger partial charge on any atom is 0.433 e. The average molecular weight is 424 g/mol. The summed E-state index contributed by atoms with van der Waals surface area (Å²) < 4.78 is 19.2. The second-order valence-corrected chi connectivity index (χ2v) is 7.28. The van der Waals surface area contributed by atoms with Gasteiger partial charge in [0.15, 0.2) is 5.76 Å². The summed E-state index contributed by atoms with van der Waals surface area (Å²) in [7, 11) is 0. The Kier molecular flexibility index (Phi) is 5.07. The third kappa shape index (κ3) is 3.94. The normalized spacial score (nSPS) is 11.3. The van der Waals surface area contributed by atoms with Crippen molar-refractivity contribution in [3.05, 3.63) is 87.4 Å². The molecule has 0 aliphatic heterocycles. The fourth-order valence-electron chi connectivity index (χ4n) is 2.61. The summed E-state index contributed by atoms with van der Waals surface area (Å²) in [6.07, 6.45) is 1.19. The average Bonchev–Trinajstić information content (AvgIpc) is 3.35. The minimum absolute atomic E-state index is 0.0931. The van der Waals surface area contributed by atoms with Crippen LogP contribution in [0.15, 0.2) is 64.1 Å². The van der Waals surface area contributed by atoms with Crippen molar-refractivity contribution in [2.45, 2.75) is 6.92 Å². The molecule has 2 aromatic heterocycles. The predicted molar refractivity (Wildman–Crippen MR) is 111 cm³/mol. The molecule has 0 bridgehead atoms. The summed E-state index contributed by atoms with van der Waals surface area (Å²) in [5.41, 5.74) is 1.87. The van der Waals surface area contributed by atoms with E-state index in [0.29, 0.717) is 15.8 Å². The van der Waals surface area contributed by atoms with Gasteiger partial charge in [-0.25, -0.2) is 9.37 Å². The van der Waals surface area contributed by atoms with Crippen LogP contribution in [0.3, 0.4) is 0 Å². The monoisotopic (exact) mass is 424 g/mol. The molecular weight excluding hydrogens is 411 g/mol. The van der Waals surface area contributed by atoms with Crippen molar-refractivity contribution >= 4 is 44.7 Å². The molecule has 0 unspecified atom stereocenters. The Labute approximate surface area is 173 Å². The van der Waals surface area contributed by atoms with Gasteiger partial charge in [-0.05, 0) is 43.3 Å². The van der Waals surface area contributed by atoms with Gasteiger partial charge in [0, 0.05) is 5.56 Å². The molecule has 4 aromatic rings. The number of carbonyl (C=O) groups excluding carboxylic acids is 1. The maximum absolute atomic E-state index is 13.5. The number of carbonyl (C=O) groups is 1. The summed E-state index contributed by atoms with van der Waals surface area (Å²) in [6, 6.07) is 13.6. The van der Waals surface area contributed by atoms with E-state index in [1.807, 2.05) is 6.92 Å². The first kappa shape index (κ1) is 19.4. The first-order valence-corrected chi connectivity index (χ1v) is 9.48. The molecular formula is C20H13FN4O4S. The number of anilines is 1. The fourth-order valence-corrected chi connectivity index (χ4v) is 3.56. The largest absolute Gasteiger partial charge is 0.433 e. The molecule has 30 heavy (non-hydrogen) atoms. The molecule has 0 aliphatic carbocycles. The Morgan fingerprint density at radius 2 is 2.00 bits per heavy atom. The number of halogens is 1. The van der Waals surface area contributed by atoms with Crippen molar-refractivity contribution in [1.29, 1.82) is 0 Å². The second kappa shape index (κ2) is 7.84. The van der Waals surface area contributed by atoms with Gasteiger partial charge in [-0.3, -0.25) is 14.9 Å². The number of fused-ring (bicyclic) bond motifs is 1. The van der Waals surface area contributed by atoms with Crippen molar-refractivity contribution < 1.29 is 18.5 Å². The van der Waals surface area contributed by atoms with Crippen LogP contribution in [-0.4, -0.2) is 22.0 Å². The molecule has 0 N–H and O–H groups in total. The maximum atomic E-state index is 13.5. The molecule has 150 valence electrons. The lowest BCUT2D eigenvalue weighted by molar-refractivity contribution is -0.402. The van der Waals surface area contributed by atoms with E-state index in [4.69, 9.17) is 4.42 Å². The van der Waals surface area contributed by atoms with E-state index in [0.717, 1.165) is 21.9 Å². The highest BCUT2D eigenvalue weighted by atomic mass is 32.1. The number of benzene rings is 2. The van der Waals surface area contributed by atoms with E-state index in [1.165, 1.54) is 36.5 Å². The van der Waals surface area contributed by atoms with Gasteiger partial charge in [0.2, 0.25) is 5.13 Å². The molecule has 1 amide bonds. The van der Waals surface area contributed by atoms with E-state index >= 15 is 0 Å². The van der Waals surface area contributed by atoms with Gasteiger partial charge in [-0.2, -0.15) is 10.1 Å². The third-order valence-corrected chi connectivity index (χ3v) is 5.10. The third-order valence-electron chi connectivity index (χ3n) is 4.10. The molecule has 0 aliphatic rings. The Morgan fingerprint density at radius 1 is 1.23 bits per heavy atom. The molecule has 0 saturated heterocycles. The summed E-state index contributed by atoms with van der Waals surface area (Å²) >= 11 is 1.09. The van der Waals surface area contributed by atoms with Crippen molar-refractivity contribution in [2.24, 2.45) is 5.10 Å². The zero-order valence-electron chi connectivity index (χ0n) is 15.5. The Morgan fingerprint density at radius 3 is 2.70 bits per heavy atom. The predicted octanol–water partition coefficient (Wildman–Crippen LogP) is 4.93. The Hall–Kier alpha value is -3.92. The van der Waals surface area contributed by atoms with Crippen molar-refractivity contribution in [2.75, 3.05) is 5.01 Å². The number of amides is 1. The highest BCUT2D eigenvalue weighted by Gasteiger charge is 2.21. The number of hydrogen-bond donors (Lipinski definition) is 0. The van der Waals surface area contributed by atoms with Crippen molar-refractivity contribution in [3.8, 4) is 0 Å². The number of furan rings is 1. The van der Waals surface area contributed by atoms with E-state index in [-0.39, 0.29) is 10.9 Å². The highest BCUT2D eigenvalue weighted by Crippen LogP contribution is 2.30. The Bertz CT molecular complexity index is 1280. The fraction of sp³-hybridized carbons (Fsp3) is 0.0500. The van der Waals surface area contributed by atoms with E-state index in [9.17, 15) is 19.3 Å². The molecule has 10 heteroatoms. The van der Waals surface area contributed by atoms with Gasteiger partial charge < -0.3 is 4.42 Å². The summed E-state index contributed by atoms with van der Waals surface area (Å²) in [4.78, 5) is 27.6. The van der Waals surface area contributed by atoms with Gasteiger partial charge in [-0.1, -0.05) is 29.0 Å². The van der Waals surface area contributed by atoms with E-state index in [2.05, 4.69) is 10.1 Å².